The summed E-state index contributed by atoms with van der Waals surface area (Å²) in [6, 6.07) is 8.56. The van der Waals surface area contributed by atoms with Gasteiger partial charge >= 0.3 is 5.97 Å². The van der Waals surface area contributed by atoms with Crippen molar-refractivity contribution in [1.82, 2.24) is 4.98 Å². The van der Waals surface area contributed by atoms with Crippen LogP contribution in [0, 0.1) is 0 Å². The van der Waals surface area contributed by atoms with Gasteiger partial charge in [0.05, 0.1) is 5.56 Å². The molecule has 1 aromatic carbocycles. The number of carboxylic acid groups (broad SMARTS) is 1. The standard InChI is InChI=1S/C14H11NO3/c1-9(16)10-3-2-4-11(5-10)12-6-13(14(17)18)8-15-7-12/h2-8H,1H3,(H,17,18). The van der Waals surface area contributed by atoms with Gasteiger partial charge in [-0.25, -0.2) is 4.79 Å². The van der Waals surface area contributed by atoms with Crippen LogP contribution in [0.3, 0.4) is 0 Å². The molecule has 0 aliphatic carbocycles. The summed E-state index contributed by atoms with van der Waals surface area (Å²) in [6.07, 6.45) is 2.87. The van der Waals surface area contributed by atoms with Gasteiger partial charge in [-0.05, 0) is 24.6 Å². The van der Waals surface area contributed by atoms with Crippen LogP contribution in [-0.4, -0.2) is 21.8 Å². The van der Waals surface area contributed by atoms with Crippen LogP contribution >= 0.6 is 0 Å². The molecular weight excluding hydrogens is 230 g/mol. The highest BCUT2D eigenvalue weighted by atomic mass is 16.4. The minimum atomic E-state index is -1.02. The highest BCUT2D eigenvalue weighted by Crippen LogP contribution is 2.20. The first-order chi connectivity index (χ1) is 8.58. The predicted molar refractivity (Wildman–Crippen MR) is 66.6 cm³/mol. The molecule has 4 heteroatoms. The molecule has 0 amide bonds. The topological polar surface area (TPSA) is 67.3 Å². The predicted octanol–water partition coefficient (Wildman–Crippen LogP) is 2.65. The zero-order chi connectivity index (χ0) is 13.1. The highest BCUT2D eigenvalue weighted by Gasteiger charge is 2.07. The van der Waals surface area contributed by atoms with Crippen molar-refractivity contribution in [3.8, 4) is 11.1 Å². The molecule has 1 N–H and O–H groups in total. The van der Waals surface area contributed by atoms with Crippen molar-refractivity contribution in [3.05, 3.63) is 53.9 Å². The quantitative estimate of drug-likeness (QED) is 0.839. The minimum Gasteiger partial charge on any atom is -0.478 e. The average Bonchev–Trinajstić information content (AvgIpc) is 2.39. The maximum absolute atomic E-state index is 11.3. The number of pyridine rings is 1. The van der Waals surface area contributed by atoms with Gasteiger partial charge in [0.2, 0.25) is 0 Å². The van der Waals surface area contributed by atoms with E-state index < -0.39 is 5.97 Å². The van der Waals surface area contributed by atoms with Gasteiger partial charge < -0.3 is 5.11 Å². The van der Waals surface area contributed by atoms with E-state index in [0.29, 0.717) is 11.1 Å². The van der Waals surface area contributed by atoms with Gasteiger partial charge in [0.25, 0.3) is 0 Å². The van der Waals surface area contributed by atoms with Crippen molar-refractivity contribution in [1.29, 1.82) is 0 Å². The second-order valence-electron chi connectivity index (χ2n) is 3.90. The van der Waals surface area contributed by atoms with Crippen LogP contribution in [0.4, 0.5) is 0 Å². The molecule has 0 spiro atoms. The fourth-order valence-corrected chi connectivity index (χ4v) is 1.63. The fraction of sp³-hybridized carbons (Fsp3) is 0.0714. The maximum Gasteiger partial charge on any atom is 0.337 e. The third-order valence-electron chi connectivity index (χ3n) is 2.59. The second kappa shape index (κ2) is 4.79. The normalized spacial score (nSPS) is 10.1. The van der Waals surface area contributed by atoms with Crippen LogP contribution in [0.1, 0.15) is 27.6 Å². The van der Waals surface area contributed by atoms with E-state index in [4.69, 9.17) is 5.11 Å². The lowest BCUT2D eigenvalue weighted by molar-refractivity contribution is 0.0696. The SMILES string of the molecule is CC(=O)c1cccc(-c2cncc(C(=O)O)c2)c1. The van der Waals surface area contributed by atoms with Crippen molar-refractivity contribution in [2.45, 2.75) is 6.92 Å². The Hall–Kier alpha value is -2.49. The summed E-state index contributed by atoms with van der Waals surface area (Å²) in [5.41, 5.74) is 2.17. The van der Waals surface area contributed by atoms with E-state index in [0.717, 1.165) is 5.56 Å². The van der Waals surface area contributed by atoms with Crippen LogP contribution in [0.5, 0.6) is 0 Å². The first-order valence-corrected chi connectivity index (χ1v) is 5.37. The molecule has 0 saturated heterocycles. The van der Waals surface area contributed by atoms with Gasteiger partial charge in [-0.2, -0.15) is 0 Å². The van der Waals surface area contributed by atoms with Crippen molar-refractivity contribution in [3.63, 3.8) is 0 Å². The summed E-state index contributed by atoms with van der Waals surface area (Å²) < 4.78 is 0. The number of hydrogen-bond acceptors (Lipinski definition) is 3. The first kappa shape index (κ1) is 12.0. The zero-order valence-electron chi connectivity index (χ0n) is 9.75. The molecule has 0 aliphatic rings. The van der Waals surface area contributed by atoms with Gasteiger partial charge in [-0.3, -0.25) is 9.78 Å². The average molecular weight is 241 g/mol. The van der Waals surface area contributed by atoms with Crippen LogP contribution in [0.2, 0.25) is 0 Å². The number of carbonyl (C=O) groups is 2. The van der Waals surface area contributed by atoms with E-state index in [9.17, 15) is 9.59 Å². The Bertz CT molecular complexity index is 564. The number of Topliss-reactive ketones (excluding diaryl/α,β-unsaturated/α-hetero) is 1. The molecule has 0 unspecified atom stereocenters. The van der Waals surface area contributed by atoms with Gasteiger partial charge in [-0.15, -0.1) is 0 Å². The lowest BCUT2D eigenvalue weighted by atomic mass is 10.0. The molecule has 1 heterocycles. The number of carbonyl (C=O) groups excluding carboxylic acids is 1. The van der Waals surface area contributed by atoms with E-state index in [2.05, 4.69) is 4.98 Å². The number of nitrogens with zero attached hydrogens (tertiary/aromatic N) is 1. The largest absolute Gasteiger partial charge is 0.478 e. The number of ketones is 1. The molecular formula is C14H11NO3. The van der Waals surface area contributed by atoms with Gasteiger partial charge in [0.15, 0.2) is 5.78 Å². The zero-order valence-corrected chi connectivity index (χ0v) is 9.75. The molecule has 4 nitrogen and oxygen atoms in total. The molecule has 2 rings (SSSR count). The summed E-state index contributed by atoms with van der Waals surface area (Å²) in [7, 11) is 0. The number of carboxylic acids is 1. The fourth-order valence-electron chi connectivity index (χ4n) is 1.63. The lowest BCUT2D eigenvalue weighted by Crippen LogP contribution is -1.97. The molecule has 0 atom stereocenters. The van der Waals surface area contributed by atoms with Gasteiger partial charge in [0.1, 0.15) is 0 Å². The number of aromatic nitrogens is 1. The summed E-state index contributed by atoms with van der Waals surface area (Å²) in [4.78, 5) is 26.1. The van der Waals surface area contributed by atoms with Crippen molar-refractivity contribution < 1.29 is 14.7 Å². The maximum atomic E-state index is 11.3. The van der Waals surface area contributed by atoms with Crippen molar-refractivity contribution in [2.75, 3.05) is 0 Å². The summed E-state index contributed by atoms with van der Waals surface area (Å²) in [5.74, 6) is -1.05. The number of rotatable bonds is 3. The molecule has 2 aromatic rings. The van der Waals surface area contributed by atoms with Gasteiger partial charge in [0, 0.05) is 23.5 Å². The molecule has 0 saturated carbocycles. The second-order valence-corrected chi connectivity index (χ2v) is 3.90. The highest BCUT2D eigenvalue weighted by molar-refractivity contribution is 5.95. The van der Waals surface area contributed by atoms with Crippen molar-refractivity contribution >= 4 is 11.8 Å². The smallest absolute Gasteiger partial charge is 0.337 e. The van der Waals surface area contributed by atoms with Gasteiger partial charge in [-0.1, -0.05) is 18.2 Å². The molecule has 18 heavy (non-hydrogen) atoms. The Morgan fingerprint density at radius 3 is 2.44 bits per heavy atom. The summed E-state index contributed by atoms with van der Waals surface area (Å²) in [5, 5.41) is 8.90. The van der Waals surface area contributed by atoms with Crippen LogP contribution in [0.15, 0.2) is 42.7 Å². The molecule has 0 radical (unpaired) electrons. The van der Waals surface area contributed by atoms with Crippen LogP contribution in [-0.2, 0) is 0 Å². The molecule has 90 valence electrons. The third kappa shape index (κ3) is 2.43. The van der Waals surface area contributed by atoms with E-state index in [1.165, 1.54) is 19.2 Å². The Morgan fingerprint density at radius 1 is 1.06 bits per heavy atom. The van der Waals surface area contributed by atoms with Crippen LogP contribution in [0.25, 0.3) is 11.1 Å². The monoisotopic (exact) mass is 241 g/mol. The minimum absolute atomic E-state index is 0.0285. The van der Waals surface area contributed by atoms with E-state index in [-0.39, 0.29) is 11.3 Å². The number of aromatic carboxylic acids is 1. The van der Waals surface area contributed by atoms with E-state index in [1.807, 2.05) is 6.07 Å². The summed E-state index contributed by atoms with van der Waals surface area (Å²) in [6.45, 7) is 1.49. The third-order valence-corrected chi connectivity index (χ3v) is 2.59. The Balaban J connectivity index is 2.48. The van der Waals surface area contributed by atoms with E-state index >= 15 is 0 Å². The first-order valence-electron chi connectivity index (χ1n) is 5.37. The Morgan fingerprint density at radius 2 is 1.78 bits per heavy atom. The summed E-state index contributed by atoms with van der Waals surface area (Å²) >= 11 is 0. The molecule has 0 fully saturated rings. The molecule has 0 aliphatic heterocycles. The Labute approximate surface area is 104 Å². The number of benzene rings is 1. The number of hydrogen-bond donors (Lipinski definition) is 1. The van der Waals surface area contributed by atoms with E-state index in [1.54, 1.807) is 24.4 Å². The molecule has 1 aromatic heterocycles. The molecule has 0 bridgehead atoms. The van der Waals surface area contributed by atoms with Crippen LogP contribution < -0.4 is 0 Å². The van der Waals surface area contributed by atoms with Crippen molar-refractivity contribution in [2.24, 2.45) is 0 Å². The lowest BCUT2D eigenvalue weighted by Gasteiger charge is -2.04. The Kier molecular flexibility index (Phi) is 3.19.